The summed E-state index contributed by atoms with van der Waals surface area (Å²) in [5.74, 6) is -1.10. The highest BCUT2D eigenvalue weighted by atomic mass is 35.5. The number of hydrogen-bond donors (Lipinski definition) is 1. The van der Waals surface area contributed by atoms with Crippen molar-refractivity contribution in [3.63, 3.8) is 0 Å². The Bertz CT molecular complexity index is 1690. The van der Waals surface area contributed by atoms with Crippen molar-refractivity contribution in [3.8, 4) is 0 Å². The zero-order valence-electron chi connectivity index (χ0n) is 22.9. The molecular weight excluding hydrogens is 652 g/mol. The minimum atomic E-state index is -4.29. The van der Waals surface area contributed by atoms with Gasteiger partial charge in [0.1, 0.15) is 12.6 Å². The number of benzene rings is 4. The van der Waals surface area contributed by atoms with Crippen LogP contribution in [0, 0.1) is 0 Å². The summed E-state index contributed by atoms with van der Waals surface area (Å²) in [4.78, 5) is 28.9. The van der Waals surface area contributed by atoms with Gasteiger partial charge in [-0.05, 0) is 53.6 Å². The zero-order chi connectivity index (χ0) is 31.1. The van der Waals surface area contributed by atoms with E-state index in [4.69, 9.17) is 46.4 Å². The van der Waals surface area contributed by atoms with Crippen LogP contribution in [0.3, 0.4) is 0 Å². The highest BCUT2D eigenvalue weighted by Gasteiger charge is 2.34. The van der Waals surface area contributed by atoms with E-state index in [9.17, 15) is 18.0 Å². The van der Waals surface area contributed by atoms with Crippen LogP contribution in [-0.2, 0) is 32.6 Å². The summed E-state index contributed by atoms with van der Waals surface area (Å²) in [6.45, 7) is -0.767. The maximum absolute atomic E-state index is 14.3. The molecule has 2 amide bonds. The van der Waals surface area contributed by atoms with Crippen LogP contribution in [0.2, 0.25) is 20.1 Å². The molecule has 0 bridgehead atoms. The maximum Gasteiger partial charge on any atom is 0.264 e. The Labute approximate surface area is 271 Å². The SMILES string of the molecule is CNC(=O)[C@H](Cc1ccccc1)N(Cc1ccc(Cl)cc1Cl)C(=O)CN(c1cc(Cl)cc(Cl)c1)S(=O)(=O)c1ccccc1. The van der Waals surface area contributed by atoms with Gasteiger partial charge < -0.3 is 10.2 Å². The number of nitrogens with one attached hydrogen (secondary N) is 1. The Morgan fingerprint density at radius 1 is 0.791 bits per heavy atom. The fourth-order valence-corrected chi connectivity index (χ4v) is 6.89. The van der Waals surface area contributed by atoms with E-state index in [1.807, 2.05) is 30.3 Å². The van der Waals surface area contributed by atoms with Gasteiger partial charge in [-0.1, -0.05) is 101 Å². The number of amides is 2. The zero-order valence-corrected chi connectivity index (χ0v) is 26.7. The third-order valence-electron chi connectivity index (χ3n) is 6.62. The average Bonchev–Trinajstić information content (AvgIpc) is 2.98. The molecule has 0 aliphatic carbocycles. The molecule has 0 aromatic heterocycles. The number of nitrogens with zero attached hydrogens (tertiary/aromatic N) is 2. The van der Waals surface area contributed by atoms with Crippen molar-refractivity contribution in [1.82, 2.24) is 10.2 Å². The predicted octanol–water partition coefficient (Wildman–Crippen LogP) is 6.88. The number of sulfonamides is 1. The summed E-state index contributed by atoms with van der Waals surface area (Å²) in [5, 5.41) is 3.68. The summed E-state index contributed by atoms with van der Waals surface area (Å²) in [6.07, 6.45) is 0.159. The monoisotopic (exact) mass is 677 g/mol. The fraction of sp³-hybridized carbons (Fsp3) is 0.161. The van der Waals surface area contributed by atoms with Crippen LogP contribution in [0.25, 0.3) is 0 Å². The van der Waals surface area contributed by atoms with Gasteiger partial charge in [0.15, 0.2) is 0 Å². The van der Waals surface area contributed by atoms with E-state index in [1.165, 1.54) is 48.3 Å². The van der Waals surface area contributed by atoms with Gasteiger partial charge >= 0.3 is 0 Å². The number of rotatable bonds is 11. The van der Waals surface area contributed by atoms with Gasteiger partial charge in [0.25, 0.3) is 10.0 Å². The Hall–Kier alpha value is -3.27. The van der Waals surface area contributed by atoms with Gasteiger partial charge in [0.2, 0.25) is 11.8 Å². The van der Waals surface area contributed by atoms with Crippen LogP contribution in [0.4, 0.5) is 5.69 Å². The van der Waals surface area contributed by atoms with Crippen LogP contribution in [0.15, 0.2) is 102 Å². The first-order chi connectivity index (χ1) is 20.5. The molecule has 0 radical (unpaired) electrons. The third kappa shape index (κ3) is 8.22. The smallest absolute Gasteiger partial charge is 0.264 e. The molecule has 4 aromatic carbocycles. The molecule has 0 spiro atoms. The largest absolute Gasteiger partial charge is 0.357 e. The number of anilines is 1. The Kier molecular flexibility index (Phi) is 11.0. The summed E-state index contributed by atoms with van der Waals surface area (Å²) < 4.78 is 28.9. The van der Waals surface area contributed by atoms with Crippen molar-refractivity contribution in [1.29, 1.82) is 0 Å². The molecule has 0 unspecified atom stereocenters. The first-order valence-electron chi connectivity index (χ1n) is 13.0. The molecule has 43 heavy (non-hydrogen) atoms. The van der Waals surface area contributed by atoms with Crippen LogP contribution in [0.1, 0.15) is 11.1 Å². The molecule has 0 saturated carbocycles. The second-order valence-corrected chi connectivity index (χ2v) is 13.1. The van der Waals surface area contributed by atoms with Gasteiger partial charge in [-0.25, -0.2) is 8.42 Å². The molecule has 4 rings (SSSR count). The second kappa shape index (κ2) is 14.5. The van der Waals surface area contributed by atoms with Gasteiger partial charge in [-0.15, -0.1) is 0 Å². The molecule has 1 N–H and O–H groups in total. The number of halogens is 4. The van der Waals surface area contributed by atoms with E-state index in [0.717, 1.165) is 9.87 Å². The summed E-state index contributed by atoms with van der Waals surface area (Å²) >= 11 is 25.1. The number of carbonyl (C=O) groups excluding carboxylic acids is 2. The molecule has 0 aliphatic heterocycles. The van der Waals surface area contributed by atoms with Crippen LogP contribution < -0.4 is 9.62 Å². The first-order valence-corrected chi connectivity index (χ1v) is 16.0. The van der Waals surface area contributed by atoms with E-state index in [0.29, 0.717) is 10.6 Å². The van der Waals surface area contributed by atoms with E-state index in [-0.39, 0.29) is 38.6 Å². The van der Waals surface area contributed by atoms with Gasteiger partial charge in [-0.2, -0.15) is 0 Å². The fourth-order valence-electron chi connectivity index (χ4n) is 4.49. The van der Waals surface area contributed by atoms with E-state index in [1.54, 1.807) is 30.3 Å². The highest BCUT2D eigenvalue weighted by molar-refractivity contribution is 7.92. The van der Waals surface area contributed by atoms with Gasteiger partial charge in [-0.3, -0.25) is 13.9 Å². The normalized spacial score (nSPS) is 11.9. The second-order valence-electron chi connectivity index (χ2n) is 9.53. The van der Waals surface area contributed by atoms with Crippen molar-refractivity contribution in [2.45, 2.75) is 23.9 Å². The summed E-state index contributed by atoms with van der Waals surface area (Å²) in [6, 6.07) is 24.9. The van der Waals surface area contributed by atoms with Crippen molar-refractivity contribution >= 4 is 73.9 Å². The topological polar surface area (TPSA) is 86.8 Å². The van der Waals surface area contributed by atoms with Gasteiger partial charge in [0, 0.05) is 40.1 Å². The van der Waals surface area contributed by atoms with Crippen molar-refractivity contribution < 1.29 is 18.0 Å². The number of likely N-dealkylation sites (N-methyl/N-ethyl adjacent to an activating group) is 1. The molecule has 0 saturated heterocycles. The summed E-state index contributed by atoms with van der Waals surface area (Å²) in [7, 11) is -2.82. The van der Waals surface area contributed by atoms with Gasteiger partial charge in [0.05, 0.1) is 10.6 Å². The quantitative estimate of drug-likeness (QED) is 0.187. The molecule has 7 nitrogen and oxygen atoms in total. The highest BCUT2D eigenvalue weighted by Crippen LogP contribution is 2.31. The lowest BCUT2D eigenvalue weighted by Gasteiger charge is -2.34. The molecule has 4 aromatic rings. The third-order valence-corrected chi connectivity index (χ3v) is 9.43. The van der Waals surface area contributed by atoms with Crippen molar-refractivity contribution in [2.75, 3.05) is 17.9 Å². The van der Waals surface area contributed by atoms with Crippen LogP contribution in [0.5, 0.6) is 0 Å². The number of hydrogen-bond acceptors (Lipinski definition) is 4. The van der Waals surface area contributed by atoms with E-state index >= 15 is 0 Å². The lowest BCUT2D eigenvalue weighted by Crippen LogP contribution is -2.53. The van der Waals surface area contributed by atoms with E-state index < -0.39 is 34.4 Å². The summed E-state index contributed by atoms with van der Waals surface area (Å²) in [5.41, 5.74) is 1.40. The van der Waals surface area contributed by atoms with Crippen molar-refractivity contribution in [2.24, 2.45) is 0 Å². The molecule has 224 valence electrons. The Morgan fingerprint density at radius 2 is 1.40 bits per heavy atom. The molecule has 12 heteroatoms. The first kappa shape index (κ1) is 32.6. The number of carbonyl (C=O) groups is 2. The van der Waals surface area contributed by atoms with Crippen molar-refractivity contribution in [3.05, 3.63) is 128 Å². The Morgan fingerprint density at radius 3 is 1.98 bits per heavy atom. The van der Waals surface area contributed by atoms with E-state index in [2.05, 4.69) is 5.32 Å². The van der Waals surface area contributed by atoms with Crippen LogP contribution >= 0.6 is 46.4 Å². The lowest BCUT2D eigenvalue weighted by atomic mass is 10.0. The molecule has 0 heterocycles. The molecule has 1 atom stereocenters. The minimum absolute atomic E-state index is 0.0432. The maximum atomic E-state index is 14.3. The molecule has 0 aliphatic rings. The standard InChI is InChI=1S/C31H27Cl4N3O4S/c1-36-31(40)29(14-21-8-4-2-5-9-21)37(19-22-12-13-23(32)18-28(22)35)30(39)20-38(26-16-24(33)15-25(34)17-26)43(41,42)27-10-6-3-7-11-27/h2-13,15-18,29H,14,19-20H2,1H3,(H,36,40)/t29-/m0/s1. The average molecular weight is 679 g/mol. The molecule has 0 fully saturated rings. The predicted molar refractivity (Wildman–Crippen MR) is 172 cm³/mol. The Balaban J connectivity index is 1.82. The minimum Gasteiger partial charge on any atom is -0.357 e. The lowest BCUT2D eigenvalue weighted by molar-refractivity contribution is -0.139. The molecular formula is C31H27Cl4N3O4S. The van der Waals surface area contributed by atoms with Crippen LogP contribution in [-0.4, -0.2) is 44.8 Å².